The number of hydrogen-bond donors (Lipinski definition) is 1. The van der Waals surface area contributed by atoms with Gasteiger partial charge in [-0.05, 0) is 55.3 Å². The van der Waals surface area contributed by atoms with E-state index in [0.717, 1.165) is 6.07 Å². The van der Waals surface area contributed by atoms with Gasteiger partial charge in [0.15, 0.2) is 0 Å². The van der Waals surface area contributed by atoms with Crippen molar-refractivity contribution >= 4 is 15.5 Å². The number of hydrogen-bond acceptors (Lipinski definition) is 6. The summed E-state index contributed by atoms with van der Waals surface area (Å²) in [5.41, 5.74) is 0.467. The lowest BCUT2D eigenvalue weighted by Crippen LogP contribution is -2.35. The van der Waals surface area contributed by atoms with Crippen molar-refractivity contribution in [1.82, 2.24) is 0 Å². The Morgan fingerprint density at radius 1 is 1.25 bits per heavy atom. The number of methoxy groups -OCH3 is 1. The molecule has 1 fully saturated rings. The third-order valence-corrected chi connectivity index (χ3v) is 7.01. The fourth-order valence-corrected chi connectivity index (χ4v) is 4.84. The van der Waals surface area contributed by atoms with Crippen LogP contribution in [0.5, 0.6) is 0 Å². The van der Waals surface area contributed by atoms with Gasteiger partial charge in [0, 0.05) is 13.5 Å². The van der Waals surface area contributed by atoms with Gasteiger partial charge >= 0.3 is 0 Å². The summed E-state index contributed by atoms with van der Waals surface area (Å²) in [6.45, 7) is 3.86. The van der Waals surface area contributed by atoms with Gasteiger partial charge in [-0.3, -0.25) is 0 Å². The van der Waals surface area contributed by atoms with Crippen LogP contribution in [0.4, 0.5) is 4.39 Å². The first-order chi connectivity index (χ1) is 13.2. The molecular formula is C20H22FNO5S. The van der Waals surface area contributed by atoms with E-state index in [1.165, 1.54) is 43.5 Å². The first-order valence-corrected chi connectivity index (χ1v) is 10.2. The SMILES string of the molecule is COC1(c2cc(F)cc(S(=O)(=O)c3ccc(/C(C)=N/O)cc3)c2)CCOC1C. The summed E-state index contributed by atoms with van der Waals surface area (Å²) in [4.78, 5) is -0.140. The molecular weight excluding hydrogens is 385 g/mol. The summed E-state index contributed by atoms with van der Waals surface area (Å²) in [6.07, 6.45) is 0.164. The molecule has 0 aliphatic carbocycles. The maximum Gasteiger partial charge on any atom is 0.206 e. The highest BCUT2D eigenvalue weighted by Crippen LogP contribution is 2.40. The number of ether oxygens (including phenoxy) is 2. The maximum atomic E-state index is 14.4. The quantitative estimate of drug-likeness (QED) is 0.466. The largest absolute Gasteiger partial charge is 0.411 e. The molecule has 6 nitrogen and oxygen atoms in total. The second-order valence-electron chi connectivity index (χ2n) is 6.75. The van der Waals surface area contributed by atoms with E-state index >= 15 is 0 Å². The van der Waals surface area contributed by atoms with E-state index in [-0.39, 0.29) is 15.9 Å². The van der Waals surface area contributed by atoms with Crippen molar-refractivity contribution in [3.63, 3.8) is 0 Å². The van der Waals surface area contributed by atoms with Gasteiger partial charge in [0.25, 0.3) is 0 Å². The van der Waals surface area contributed by atoms with E-state index in [2.05, 4.69) is 5.16 Å². The van der Waals surface area contributed by atoms with Crippen LogP contribution in [-0.4, -0.2) is 39.2 Å². The summed E-state index contributed by atoms with van der Waals surface area (Å²) < 4.78 is 51.7. The molecule has 1 aliphatic heterocycles. The van der Waals surface area contributed by atoms with Gasteiger partial charge in [-0.25, -0.2) is 12.8 Å². The zero-order valence-electron chi connectivity index (χ0n) is 15.8. The van der Waals surface area contributed by atoms with Crippen molar-refractivity contribution in [1.29, 1.82) is 0 Å². The normalized spacial score (nSPS) is 23.1. The van der Waals surface area contributed by atoms with Crippen LogP contribution in [0.25, 0.3) is 0 Å². The number of nitrogens with zero attached hydrogens (tertiary/aromatic N) is 1. The molecule has 2 aromatic rings. The summed E-state index contributed by atoms with van der Waals surface area (Å²) in [5, 5.41) is 11.9. The molecule has 1 N–H and O–H groups in total. The van der Waals surface area contributed by atoms with E-state index in [1.807, 2.05) is 6.92 Å². The lowest BCUT2D eigenvalue weighted by molar-refractivity contribution is -0.0650. The van der Waals surface area contributed by atoms with Crippen LogP contribution in [0.3, 0.4) is 0 Å². The summed E-state index contributed by atoms with van der Waals surface area (Å²) in [7, 11) is -2.45. The van der Waals surface area contributed by atoms with Crippen molar-refractivity contribution in [2.45, 2.75) is 41.8 Å². The van der Waals surface area contributed by atoms with Gasteiger partial charge in [-0.1, -0.05) is 17.3 Å². The molecule has 2 aromatic carbocycles. The number of benzene rings is 2. The highest BCUT2D eigenvalue weighted by atomic mass is 32.2. The molecule has 0 amide bonds. The van der Waals surface area contributed by atoms with E-state index in [1.54, 1.807) is 6.92 Å². The maximum absolute atomic E-state index is 14.4. The van der Waals surface area contributed by atoms with Crippen LogP contribution in [0.1, 0.15) is 31.4 Å². The molecule has 3 rings (SSSR count). The molecule has 8 heteroatoms. The molecule has 2 atom stereocenters. The summed E-state index contributed by atoms with van der Waals surface area (Å²) >= 11 is 0. The Bertz CT molecular complexity index is 1000. The minimum atomic E-state index is -3.95. The number of halogens is 1. The number of rotatable bonds is 5. The molecule has 150 valence electrons. The third-order valence-electron chi connectivity index (χ3n) is 5.26. The van der Waals surface area contributed by atoms with Gasteiger partial charge in [0.1, 0.15) is 11.4 Å². The molecule has 1 aliphatic rings. The Morgan fingerprint density at radius 3 is 2.46 bits per heavy atom. The fraction of sp³-hybridized carbons (Fsp3) is 0.350. The Labute approximate surface area is 163 Å². The van der Waals surface area contributed by atoms with Crippen LogP contribution in [-0.2, 0) is 24.9 Å². The molecule has 0 aromatic heterocycles. The highest BCUT2D eigenvalue weighted by molar-refractivity contribution is 7.91. The molecule has 0 saturated carbocycles. The van der Waals surface area contributed by atoms with Crippen molar-refractivity contribution in [3.05, 3.63) is 59.4 Å². The second kappa shape index (κ2) is 7.62. The van der Waals surface area contributed by atoms with Crippen molar-refractivity contribution in [3.8, 4) is 0 Å². The Balaban J connectivity index is 2.07. The standard InChI is InChI=1S/C20H22FNO5S/c1-13(22-23)15-4-6-18(7-5-15)28(24,25)19-11-16(10-17(21)12-19)20(26-3)8-9-27-14(20)2/h4-7,10-12,14,23H,8-9H2,1-3H3/b22-13+. The predicted molar refractivity (Wildman–Crippen MR) is 101 cm³/mol. The minimum Gasteiger partial charge on any atom is -0.411 e. The fourth-order valence-electron chi connectivity index (χ4n) is 3.52. The molecule has 0 radical (unpaired) electrons. The average Bonchev–Trinajstić information content (AvgIpc) is 3.08. The summed E-state index contributed by atoms with van der Waals surface area (Å²) in [6, 6.07) is 9.60. The molecule has 1 saturated heterocycles. The average molecular weight is 407 g/mol. The van der Waals surface area contributed by atoms with Gasteiger partial charge in [-0.15, -0.1) is 0 Å². The number of oxime groups is 1. The van der Waals surface area contributed by atoms with E-state index in [4.69, 9.17) is 14.7 Å². The van der Waals surface area contributed by atoms with E-state index < -0.39 is 21.3 Å². The molecule has 0 spiro atoms. The molecule has 0 bridgehead atoms. The lowest BCUT2D eigenvalue weighted by atomic mass is 9.87. The zero-order chi connectivity index (χ0) is 20.5. The van der Waals surface area contributed by atoms with E-state index in [9.17, 15) is 12.8 Å². The van der Waals surface area contributed by atoms with Crippen LogP contribution in [0, 0.1) is 5.82 Å². The van der Waals surface area contributed by atoms with Gasteiger partial charge in [0.2, 0.25) is 9.84 Å². The molecule has 28 heavy (non-hydrogen) atoms. The van der Waals surface area contributed by atoms with Gasteiger partial charge < -0.3 is 14.7 Å². The summed E-state index contributed by atoms with van der Waals surface area (Å²) in [5.74, 6) is -0.661. The first kappa shape index (κ1) is 20.4. The molecule has 1 heterocycles. The lowest BCUT2D eigenvalue weighted by Gasteiger charge is -2.31. The van der Waals surface area contributed by atoms with Crippen molar-refractivity contribution in [2.24, 2.45) is 5.16 Å². The zero-order valence-corrected chi connectivity index (χ0v) is 16.7. The van der Waals surface area contributed by atoms with Crippen molar-refractivity contribution < 1.29 is 27.5 Å². The van der Waals surface area contributed by atoms with Gasteiger partial charge in [0.05, 0.1) is 28.2 Å². The topological polar surface area (TPSA) is 85.2 Å². The Morgan fingerprint density at radius 2 is 1.93 bits per heavy atom. The first-order valence-electron chi connectivity index (χ1n) is 8.76. The van der Waals surface area contributed by atoms with Gasteiger partial charge in [-0.2, -0.15) is 0 Å². The molecule has 2 unspecified atom stereocenters. The smallest absolute Gasteiger partial charge is 0.206 e. The second-order valence-corrected chi connectivity index (χ2v) is 8.70. The van der Waals surface area contributed by atoms with Crippen LogP contribution in [0.2, 0.25) is 0 Å². The monoisotopic (exact) mass is 407 g/mol. The van der Waals surface area contributed by atoms with Crippen LogP contribution < -0.4 is 0 Å². The van der Waals surface area contributed by atoms with Crippen LogP contribution >= 0.6 is 0 Å². The number of sulfone groups is 1. The Hall–Kier alpha value is -2.29. The third kappa shape index (κ3) is 3.43. The highest BCUT2D eigenvalue weighted by Gasteiger charge is 2.44. The Kier molecular flexibility index (Phi) is 5.56. The van der Waals surface area contributed by atoms with E-state index in [0.29, 0.717) is 29.9 Å². The van der Waals surface area contributed by atoms with Crippen molar-refractivity contribution in [2.75, 3.05) is 13.7 Å². The minimum absolute atomic E-state index is 0.0146. The van der Waals surface area contributed by atoms with Crippen LogP contribution in [0.15, 0.2) is 57.4 Å². The predicted octanol–water partition coefficient (Wildman–Crippen LogP) is 3.51.